The standard InChI is InChI=1S/C48H58ClN6O9S/c1-32-33(2)65-48-45(32)46(37-13-15-38(49)16-14-37)52-40(47-54-53-34(3)55(47)48)30-43(56)50-18-20-60-22-24-62-26-27-63-25-23-61-21-19-51-44(57)31-64-39-11-7-10-35(28-39)8-6-9-36-12-17-41(58-4)42(29-36)59-5/h7-8,10-17,28-29,40H,6,9,18-27,30-31H2,1-5H3,(H,50,56)(H,51,57)/t40-/m0/s1. The van der Waals surface area contributed by atoms with Gasteiger partial charge < -0.3 is 43.8 Å². The number of thiophene rings is 1. The third-order valence-corrected chi connectivity index (χ3v) is 11.9. The molecule has 3 aromatic carbocycles. The van der Waals surface area contributed by atoms with Crippen molar-refractivity contribution in [3.8, 4) is 22.2 Å². The molecule has 2 aromatic heterocycles. The number of ether oxygens (including phenoxy) is 7. The number of rotatable bonds is 27. The Morgan fingerprint density at radius 1 is 0.785 bits per heavy atom. The first-order valence-corrected chi connectivity index (χ1v) is 22.8. The number of benzene rings is 3. The van der Waals surface area contributed by atoms with Crippen LogP contribution in [0.3, 0.4) is 0 Å². The number of aryl methyl sites for hydroxylation is 3. The molecule has 6 rings (SSSR count). The van der Waals surface area contributed by atoms with Crippen molar-refractivity contribution in [2.24, 2.45) is 4.99 Å². The zero-order chi connectivity index (χ0) is 46.0. The summed E-state index contributed by atoms with van der Waals surface area (Å²) >= 11 is 7.89. The molecule has 0 aliphatic carbocycles. The van der Waals surface area contributed by atoms with Gasteiger partial charge in [0.25, 0.3) is 5.91 Å². The highest BCUT2D eigenvalue weighted by Gasteiger charge is 2.32. The van der Waals surface area contributed by atoms with Crippen molar-refractivity contribution in [1.29, 1.82) is 0 Å². The monoisotopic (exact) mass is 929 g/mol. The van der Waals surface area contributed by atoms with E-state index in [2.05, 4.69) is 41.1 Å². The molecule has 1 atom stereocenters. The smallest absolute Gasteiger partial charge is 0.258 e. The lowest BCUT2D eigenvalue weighted by Gasteiger charge is -2.13. The number of aromatic nitrogens is 3. The van der Waals surface area contributed by atoms with E-state index >= 15 is 0 Å². The average molecular weight is 931 g/mol. The van der Waals surface area contributed by atoms with Crippen molar-refractivity contribution in [3.05, 3.63) is 123 Å². The molecular formula is C48H58ClN6O9S. The van der Waals surface area contributed by atoms with Crippen LogP contribution in [0.25, 0.3) is 5.00 Å². The first kappa shape index (κ1) is 49.1. The fourth-order valence-electron chi connectivity index (χ4n) is 7.04. The zero-order valence-corrected chi connectivity index (χ0v) is 39.2. The summed E-state index contributed by atoms with van der Waals surface area (Å²) in [7, 11) is 3.25. The number of methoxy groups -OCH3 is 2. The number of carbonyl (C=O) groups is 2. The first-order chi connectivity index (χ1) is 31.6. The number of carbonyl (C=O) groups excluding carboxylic acids is 2. The molecule has 2 N–H and O–H groups in total. The number of nitrogens with one attached hydrogen (secondary N) is 2. The van der Waals surface area contributed by atoms with Crippen molar-refractivity contribution in [1.82, 2.24) is 25.4 Å². The molecular weight excluding hydrogens is 872 g/mol. The maximum atomic E-state index is 13.2. The lowest BCUT2D eigenvalue weighted by Crippen LogP contribution is -2.31. The number of nitrogens with zero attached hydrogens (tertiary/aromatic N) is 4. The topological polar surface area (TPSA) is 166 Å². The van der Waals surface area contributed by atoms with E-state index in [1.165, 1.54) is 4.88 Å². The Morgan fingerprint density at radius 3 is 2.12 bits per heavy atom. The average Bonchev–Trinajstić information content (AvgIpc) is 3.79. The molecule has 0 saturated heterocycles. The van der Waals surface area contributed by atoms with E-state index < -0.39 is 6.04 Å². The van der Waals surface area contributed by atoms with Crippen molar-refractivity contribution < 1.29 is 42.7 Å². The second kappa shape index (κ2) is 25.4. The predicted molar refractivity (Wildman–Crippen MR) is 250 cm³/mol. The van der Waals surface area contributed by atoms with Crippen LogP contribution >= 0.6 is 22.9 Å². The van der Waals surface area contributed by atoms with Gasteiger partial charge in [-0.15, -0.1) is 21.5 Å². The van der Waals surface area contributed by atoms with E-state index in [-0.39, 0.29) is 24.8 Å². The van der Waals surface area contributed by atoms with Gasteiger partial charge in [-0.05, 0) is 93.1 Å². The summed E-state index contributed by atoms with van der Waals surface area (Å²) in [5, 5.41) is 16.2. The van der Waals surface area contributed by atoms with E-state index in [0.717, 1.165) is 57.2 Å². The second-order valence-electron chi connectivity index (χ2n) is 15.1. The molecule has 1 aliphatic rings. The summed E-state index contributed by atoms with van der Waals surface area (Å²) in [6.07, 6.45) is 3.91. The quantitative estimate of drug-likeness (QED) is 0.0534. The maximum absolute atomic E-state index is 13.2. The Bertz CT molecular complexity index is 2350. The number of hydrogen-bond donors (Lipinski definition) is 2. The van der Waals surface area contributed by atoms with Gasteiger partial charge in [-0.1, -0.05) is 41.9 Å². The van der Waals surface area contributed by atoms with Crippen LogP contribution in [0.15, 0.2) is 71.7 Å². The van der Waals surface area contributed by atoms with E-state index in [9.17, 15) is 9.59 Å². The van der Waals surface area contributed by atoms with Gasteiger partial charge in [0.2, 0.25) is 5.91 Å². The van der Waals surface area contributed by atoms with Gasteiger partial charge in [0.1, 0.15) is 22.6 Å². The van der Waals surface area contributed by atoms with Crippen molar-refractivity contribution in [3.63, 3.8) is 0 Å². The zero-order valence-electron chi connectivity index (χ0n) is 37.7. The van der Waals surface area contributed by atoms with Gasteiger partial charge >= 0.3 is 0 Å². The summed E-state index contributed by atoms with van der Waals surface area (Å²) in [5.41, 5.74) is 6.04. The fraction of sp³-hybridized carbons (Fsp3) is 0.417. The predicted octanol–water partition coefficient (Wildman–Crippen LogP) is 6.77. The molecule has 0 fully saturated rings. The van der Waals surface area contributed by atoms with Crippen LogP contribution in [-0.2, 0) is 35.0 Å². The fourth-order valence-corrected chi connectivity index (χ4v) is 8.38. The van der Waals surface area contributed by atoms with E-state index in [4.69, 9.17) is 49.8 Å². The highest BCUT2D eigenvalue weighted by Crippen LogP contribution is 2.39. The lowest BCUT2D eigenvalue weighted by atomic mass is 9.99. The summed E-state index contributed by atoms with van der Waals surface area (Å²) in [4.78, 5) is 31.8. The molecule has 65 heavy (non-hydrogen) atoms. The molecule has 347 valence electrons. The van der Waals surface area contributed by atoms with Crippen LogP contribution in [0.4, 0.5) is 0 Å². The van der Waals surface area contributed by atoms with Gasteiger partial charge in [0, 0.05) is 34.1 Å². The normalized spacial score (nSPS) is 13.1. The summed E-state index contributed by atoms with van der Waals surface area (Å²) in [6, 6.07) is 20.6. The molecule has 3 heterocycles. The molecule has 1 radical (unpaired) electrons. The summed E-state index contributed by atoms with van der Waals surface area (Å²) in [6.45, 7) is 9.79. The molecule has 17 heteroatoms. The molecule has 1 aliphatic heterocycles. The SMILES string of the molecule is COc1ccc(CC[CH]c2cccc(OCC(=O)NCCOCCOCCOCCOCCNC(=O)C[C@@H]3N=C(c4ccc(Cl)cc4)c4c(sc(C)c4C)-n4c(C)nnc43)c2)cc1OC. The number of fused-ring (bicyclic) bond motifs is 3. The van der Waals surface area contributed by atoms with Crippen LogP contribution in [0.5, 0.6) is 17.2 Å². The Labute approximate surface area is 389 Å². The van der Waals surface area contributed by atoms with Crippen molar-refractivity contribution in [2.45, 2.75) is 46.1 Å². The van der Waals surface area contributed by atoms with E-state index in [1.807, 2.05) is 78.2 Å². The summed E-state index contributed by atoms with van der Waals surface area (Å²) < 4.78 is 40.8. The highest BCUT2D eigenvalue weighted by molar-refractivity contribution is 7.15. The summed E-state index contributed by atoms with van der Waals surface area (Å²) in [5.74, 6) is 3.02. The molecule has 2 amide bonds. The van der Waals surface area contributed by atoms with Crippen molar-refractivity contribution in [2.75, 3.05) is 86.8 Å². The number of amides is 2. The van der Waals surface area contributed by atoms with Gasteiger partial charge in [-0.25, -0.2) is 0 Å². The van der Waals surface area contributed by atoms with Crippen LogP contribution in [0, 0.1) is 27.2 Å². The van der Waals surface area contributed by atoms with Gasteiger partial charge in [0.05, 0.1) is 79.2 Å². The van der Waals surface area contributed by atoms with E-state index in [1.54, 1.807) is 25.6 Å². The Kier molecular flexibility index (Phi) is 19.2. The Hall–Kier alpha value is -5.36. The minimum atomic E-state index is -0.544. The van der Waals surface area contributed by atoms with Gasteiger partial charge in [0.15, 0.2) is 23.9 Å². The molecule has 15 nitrogen and oxygen atoms in total. The van der Waals surface area contributed by atoms with Crippen molar-refractivity contribution >= 4 is 40.5 Å². The minimum Gasteiger partial charge on any atom is -0.493 e. The largest absolute Gasteiger partial charge is 0.493 e. The van der Waals surface area contributed by atoms with E-state index in [0.29, 0.717) is 94.0 Å². The third-order valence-electron chi connectivity index (χ3n) is 10.5. The minimum absolute atomic E-state index is 0.0905. The number of hydrogen-bond acceptors (Lipinski definition) is 13. The van der Waals surface area contributed by atoms with Crippen LogP contribution in [-0.4, -0.2) is 119 Å². The maximum Gasteiger partial charge on any atom is 0.258 e. The van der Waals surface area contributed by atoms with Gasteiger partial charge in [-0.2, -0.15) is 0 Å². The molecule has 5 aromatic rings. The van der Waals surface area contributed by atoms with Crippen LogP contribution in [0.1, 0.15) is 63.2 Å². The Balaban J connectivity index is 0.766. The second-order valence-corrected chi connectivity index (χ2v) is 16.7. The molecule has 0 bridgehead atoms. The Morgan fingerprint density at radius 2 is 1.45 bits per heavy atom. The molecule has 0 spiro atoms. The molecule has 0 unspecified atom stereocenters. The van der Waals surface area contributed by atoms with Gasteiger partial charge in [-0.3, -0.25) is 19.1 Å². The highest BCUT2D eigenvalue weighted by atomic mass is 35.5. The number of halogens is 1. The number of aliphatic imine (C=N–C) groups is 1. The van der Waals surface area contributed by atoms with Crippen LogP contribution < -0.4 is 24.8 Å². The molecule has 0 saturated carbocycles. The first-order valence-electron chi connectivity index (χ1n) is 21.6. The lowest BCUT2D eigenvalue weighted by molar-refractivity contribution is -0.123. The third kappa shape index (κ3) is 14.3. The van der Waals surface area contributed by atoms with Crippen LogP contribution in [0.2, 0.25) is 5.02 Å².